The van der Waals surface area contributed by atoms with Crippen LogP contribution in [0.15, 0.2) is 16.8 Å². The molecule has 0 aromatic carbocycles. The third kappa shape index (κ3) is 3.62. The Morgan fingerprint density at radius 2 is 2.15 bits per heavy atom. The van der Waals surface area contributed by atoms with Gasteiger partial charge in [-0.1, -0.05) is 19.9 Å². The van der Waals surface area contributed by atoms with Crippen LogP contribution >= 0.6 is 0 Å². The van der Waals surface area contributed by atoms with Gasteiger partial charge < -0.3 is 4.90 Å². The number of nitrogens with zero attached hydrogens (tertiary/aromatic N) is 2. The van der Waals surface area contributed by atoms with E-state index in [2.05, 4.69) is 24.9 Å². The van der Waals surface area contributed by atoms with E-state index in [-0.39, 0.29) is 0 Å². The summed E-state index contributed by atoms with van der Waals surface area (Å²) in [4.78, 5) is 6.38. The van der Waals surface area contributed by atoms with E-state index in [4.69, 9.17) is 0 Å². The highest BCUT2D eigenvalue weighted by atomic mass is 15.1. The van der Waals surface area contributed by atoms with E-state index < -0.39 is 0 Å². The van der Waals surface area contributed by atoms with Crippen molar-refractivity contribution in [3.05, 3.63) is 11.8 Å². The molecule has 1 aliphatic carbocycles. The molecule has 0 saturated heterocycles. The molecule has 1 rings (SSSR count). The Hall–Kier alpha value is -0.790. The fourth-order valence-electron chi connectivity index (χ4n) is 1.37. The van der Waals surface area contributed by atoms with Gasteiger partial charge >= 0.3 is 0 Å². The standard InChI is InChI=1S/C11H20N2/c1-11(2)7-5-10(6-8-11)12-9-13(3)4/h5,9H,6-8H2,1-4H3. The van der Waals surface area contributed by atoms with E-state index in [9.17, 15) is 0 Å². The molecule has 0 heterocycles. The largest absolute Gasteiger partial charge is 0.369 e. The molecule has 1 aliphatic rings. The minimum Gasteiger partial charge on any atom is -0.369 e. The van der Waals surface area contributed by atoms with Gasteiger partial charge in [0.2, 0.25) is 0 Å². The van der Waals surface area contributed by atoms with Gasteiger partial charge in [-0.05, 0) is 24.7 Å². The van der Waals surface area contributed by atoms with Crippen LogP contribution in [0.1, 0.15) is 33.1 Å². The van der Waals surface area contributed by atoms with Crippen molar-refractivity contribution in [2.24, 2.45) is 10.4 Å². The normalized spacial score (nSPS) is 21.7. The molecular weight excluding hydrogens is 160 g/mol. The lowest BCUT2D eigenvalue weighted by molar-refractivity contribution is 0.324. The predicted octanol–water partition coefficient (Wildman–Crippen LogP) is 2.67. The van der Waals surface area contributed by atoms with E-state index in [0.717, 1.165) is 12.8 Å². The molecule has 0 fully saturated rings. The number of aliphatic imine (C=N–C) groups is 1. The second-order valence-corrected chi connectivity index (χ2v) is 4.77. The van der Waals surface area contributed by atoms with Crippen LogP contribution in [0.4, 0.5) is 0 Å². The maximum Gasteiger partial charge on any atom is 0.0902 e. The lowest BCUT2D eigenvalue weighted by atomic mass is 9.80. The van der Waals surface area contributed by atoms with E-state index in [1.54, 1.807) is 0 Å². The Balaban J connectivity index is 2.51. The molecule has 0 unspecified atom stereocenters. The van der Waals surface area contributed by atoms with Crippen LogP contribution in [0, 0.1) is 5.41 Å². The van der Waals surface area contributed by atoms with Gasteiger partial charge in [-0.3, -0.25) is 0 Å². The van der Waals surface area contributed by atoms with Crippen molar-refractivity contribution in [1.82, 2.24) is 4.90 Å². The molecule has 74 valence electrons. The summed E-state index contributed by atoms with van der Waals surface area (Å²) in [7, 11) is 3.99. The van der Waals surface area contributed by atoms with Crippen molar-refractivity contribution < 1.29 is 0 Å². The predicted molar refractivity (Wildman–Crippen MR) is 57.9 cm³/mol. The van der Waals surface area contributed by atoms with Crippen molar-refractivity contribution in [1.29, 1.82) is 0 Å². The van der Waals surface area contributed by atoms with Crippen molar-refractivity contribution in [3.8, 4) is 0 Å². The third-order valence-corrected chi connectivity index (χ3v) is 2.40. The second-order valence-electron chi connectivity index (χ2n) is 4.77. The van der Waals surface area contributed by atoms with Crippen molar-refractivity contribution in [3.63, 3.8) is 0 Å². The monoisotopic (exact) mass is 180 g/mol. The first kappa shape index (κ1) is 10.3. The van der Waals surface area contributed by atoms with E-state index >= 15 is 0 Å². The molecule has 0 aliphatic heterocycles. The maximum atomic E-state index is 4.41. The van der Waals surface area contributed by atoms with Crippen LogP contribution in [0.2, 0.25) is 0 Å². The first-order valence-electron chi connectivity index (χ1n) is 4.89. The maximum absolute atomic E-state index is 4.41. The fourth-order valence-corrected chi connectivity index (χ4v) is 1.37. The number of hydrogen-bond acceptors (Lipinski definition) is 1. The summed E-state index contributed by atoms with van der Waals surface area (Å²) in [5.74, 6) is 0. The highest BCUT2D eigenvalue weighted by molar-refractivity contribution is 5.55. The summed E-state index contributed by atoms with van der Waals surface area (Å²) in [6.07, 6.45) is 7.68. The summed E-state index contributed by atoms with van der Waals surface area (Å²) in [6.45, 7) is 4.63. The summed E-state index contributed by atoms with van der Waals surface area (Å²) >= 11 is 0. The van der Waals surface area contributed by atoms with Crippen molar-refractivity contribution in [2.75, 3.05) is 14.1 Å². The lowest BCUT2D eigenvalue weighted by Crippen LogP contribution is -2.14. The molecular formula is C11H20N2. The highest BCUT2D eigenvalue weighted by Gasteiger charge is 2.20. The highest BCUT2D eigenvalue weighted by Crippen LogP contribution is 2.34. The van der Waals surface area contributed by atoms with Gasteiger partial charge in [0.1, 0.15) is 0 Å². The molecule has 0 amide bonds. The van der Waals surface area contributed by atoms with Crippen LogP contribution in [-0.4, -0.2) is 25.3 Å². The first-order chi connectivity index (χ1) is 5.99. The first-order valence-corrected chi connectivity index (χ1v) is 4.89. The number of allylic oxidation sites excluding steroid dienone is 2. The average molecular weight is 180 g/mol. The zero-order valence-electron chi connectivity index (χ0n) is 9.17. The summed E-state index contributed by atoms with van der Waals surface area (Å²) < 4.78 is 0. The zero-order chi connectivity index (χ0) is 9.90. The minimum absolute atomic E-state index is 0.483. The number of hydrogen-bond donors (Lipinski definition) is 0. The molecule has 0 aromatic rings. The summed E-state index contributed by atoms with van der Waals surface area (Å²) in [6, 6.07) is 0. The quantitative estimate of drug-likeness (QED) is 0.471. The molecule has 0 N–H and O–H groups in total. The Morgan fingerprint density at radius 1 is 1.46 bits per heavy atom. The van der Waals surface area contributed by atoms with Crippen LogP contribution in [0.5, 0.6) is 0 Å². The topological polar surface area (TPSA) is 15.6 Å². The third-order valence-electron chi connectivity index (χ3n) is 2.40. The minimum atomic E-state index is 0.483. The second kappa shape index (κ2) is 3.95. The van der Waals surface area contributed by atoms with Gasteiger partial charge in [-0.2, -0.15) is 0 Å². The van der Waals surface area contributed by atoms with Gasteiger partial charge in [0.25, 0.3) is 0 Å². The smallest absolute Gasteiger partial charge is 0.0902 e. The van der Waals surface area contributed by atoms with E-state index in [1.165, 1.54) is 12.1 Å². The van der Waals surface area contributed by atoms with Gasteiger partial charge in [0.05, 0.1) is 6.34 Å². The van der Waals surface area contributed by atoms with Crippen LogP contribution in [-0.2, 0) is 0 Å². The molecule has 0 saturated carbocycles. The van der Waals surface area contributed by atoms with Crippen LogP contribution in [0.3, 0.4) is 0 Å². The molecule has 0 bridgehead atoms. The van der Waals surface area contributed by atoms with Crippen LogP contribution in [0.25, 0.3) is 0 Å². The molecule has 0 spiro atoms. The molecule has 13 heavy (non-hydrogen) atoms. The average Bonchev–Trinajstić information content (AvgIpc) is 2.02. The van der Waals surface area contributed by atoms with Crippen molar-refractivity contribution >= 4 is 6.34 Å². The molecule has 2 heteroatoms. The van der Waals surface area contributed by atoms with Gasteiger partial charge in [-0.25, -0.2) is 4.99 Å². The van der Waals surface area contributed by atoms with Gasteiger partial charge in [-0.15, -0.1) is 0 Å². The SMILES string of the molecule is CN(C)C=NC1=CCC(C)(C)CC1. The fraction of sp³-hybridized carbons (Fsp3) is 0.727. The summed E-state index contributed by atoms with van der Waals surface area (Å²) in [5, 5.41) is 0. The summed E-state index contributed by atoms with van der Waals surface area (Å²) in [5.41, 5.74) is 1.73. The van der Waals surface area contributed by atoms with Gasteiger partial charge in [0, 0.05) is 19.8 Å². The van der Waals surface area contributed by atoms with Gasteiger partial charge in [0.15, 0.2) is 0 Å². The molecule has 0 aromatic heterocycles. The van der Waals surface area contributed by atoms with Crippen molar-refractivity contribution in [2.45, 2.75) is 33.1 Å². The Labute approximate surface area is 81.3 Å². The Morgan fingerprint density at radius 3 is 2.62 bits per heavy atom. The molecule has 2 nitrogen and oxygen atoms in total. The Bertz CT molecular complexity index is 224. The van der Waals surface area contributed by atoms with E-state index in [0.29, 0.717) is 5.41 Å². The molecule has 0 radical (unpaired) electrons. The van der Waals surface area contributed by atoms with Crippen LogP contribution < -0.4 is 0 Å². The Kier molecular flexibility index (Phi) is 3.12. The zero-order valence-corrected chi connectivity index (χ0v) is 9.17. The van der Waals surface area contributed by atoms with E-state index in [1.807, 2.05) is 25.3 Å². The lowest BCUT2D eigenvalue weighted by Gasteiger charge is -2.27. The molecule has 0 atom stereocenters. The number of rotatable bonds is 2.